The first kappa shape index (κ1) is 72.5. The van der Waals surface area contributed by atoms with Gasteiger partial charge in [0, 0.05) is 37.8 Å². The summed E-state index contributed by atoms with van der Waals surface area (Å²) < 4.78 is 78.4. The molecule has 3 heterocycles. The van der Waals surface area contributed by atoms with Gasteiger partial charge in [-0.1, -0.05) is 97.3 Å². The SMILES string of the molecule is CN[C@@H](C)C(=O)NC(C(=O)N1CCC[C@H]1C(=O)Nc1sc(NC(=O)COCCOCCOCCOCCOCCOCCN(C)C(=O)Cc2cccc(CNC(=O)c3cc(/C=C/C4CCC(C(F)(F)F)CC4)c(OC)cn3)c2)nc1-c1ccccc1)C1CCCCC1. The Morgan fingerprint density at radius 1 is 0.761 bits per heavy atom. The number of halogens is 3. The summed E-state index contributed by atoms with van der Waals surface area (Å²) in [6.45, 7) is 6.03. The number of thiazole rings is 1. The van der Waals surface area contributed by atoms with Gasteiger partial charge in [-0.2, -0.15) is 13.2 Å². The van der Waals surface area contributed by atoms with Gasteiger partial charge in [0.25, 0.3) is 11.8 Å². The van der Waals surface area contributed by atoms with E-state index in [-0.39, 0.29) is 91.9 Å². The molecule has 1 aliphatic heterocycles. The van der Waals surface area contributed by atoms with E-state index < -0.39 is 42.0 Å². The van der Waals surface area contributed by atoms with Crippen molar-refractivity contribution in [2.75, 3.05) is 124 Å². The smallest absolute Gasteiger partial charge is 0.391 e. The topological polar surface area (TPSA) is 259 Å². The second-order valence-corrected chi connectivity index (χ2v) is 24.1. The third-order valence-corrected chi connectivity index (χ3v) is 17.4. The summed E-state index contributed by atoms with van der Waals surface area (Å²) in [5.74, 6) is -2.63. The van der Waals surface area contributed by atoms with Gasteiger partial charge in [-0.25, -0.2) is 9.97 Å². The van der Waals surface area contributed by atoms with Gasteiger partial charge in [-0.15, -0.1) is 0 Å². The lowest BCUT2D eigenvalue weighted by molar-refractivity contribution is -0.183. The molecule has 3 fully saturated rings. The molecule has 1 saturated heterocycles. The quantitative estimate of drug-likeness (QED) is 0.0269. The minimum absolute atomic E-state index is 0.000236. The number of amides is 6. The fourth-order valence-corrected chi connectivity index (χ4v) is 12.0. The summed E-state index contributed by atoms with van der Waals surface area (Å²) in [5.41, 5.74) is 3.55. The highest BCUT2D eigenvalue weighted by atomic mass is 32.1. The second kappa shape index (κ2) is 38.3. The van der Waals surface area contributed by atoms with E-state index in [4.69, 9.17) is 33.2 Å². The highest BCUT2D eigenvalue weighted by Gasteiger charge is 2.43. The largest absolute Gasteiger partial charge is 0.495 e. The number of rotatable bonds is 37. The number of likely N-dealkylation sites (tertiary alicyclic amines) is 1. The fraction of sp³-hybridized carbons (Fsp3) is 0.576. The van der Waals surface area contributed by atoms with Crippen molar-refractivity contribution in [2.45, 2.75) is 115 Å². The molecule has 2 aromatic carbocycles. The first-order valence-electron chi connectivity index (χ1n) is 31.8. The lowest BCUT2D eigenvalue weighted by atomic mass is 9.81. The molecule has 7 rings (SSSR count). The van der Waals surface area contributed by atoms with Crippen LogP contribution in [0.3, 0.4) is 0 Å². The molecular formula is C66H90F3N9O13S. The monoisotopic (exact) mass is 1310 g/mol. The number of alkyl halides is 3. The van der Waals surface area contributed by atoms with Crippen molar-refractivity contribution >= 4 is 63.0 Å². The van der Waals surface area contributed by atoms with Gasteiger partial charge >= 0.3 is 6.18 Å². The maximum Gasteiger partial charge on any atom is 0.391 e. The van der Waals surface area contributed by atoms with Gasteiger partial charge in [-0.05, 0) is 94.4 Å². The molecule has 3 aliphatic rings. The third-order valence-electron chi connectivity index (χ3n) is 16.5. The van der Waals surface area contributed by atoms with Crippen LogP contribution in [0.4, 0.5) is 23.3 Å². The fourth-order valence-electron chi connectivity index (χ4n) is 11.1. The van der Waals surface area contributed by atoms with E-state index >= 15 is 0 Å². The molecule has 5 N–H and O–H groups in total. The van der Waals surface area contributed by atoms with Gasteiger partial charge in [0.15, 0.2) is 5.13 Å². The molecule has 2 aromatic heterocycles. The van der Waals surface area contributed by atoms with Crippen molar-refractivity contribution in [3.63, 3.8) is 0 Å². The molecule has 2 aliphatic carbocycles. The Morgan fingerprint density at radius 2 is 1.40 bits per heavy atom. The molecule has 0 radical (unpaired) electrons. The standard InChI is InChI=1S/C66H90F3N9O13S/c1-45(70-2)60(81)74-59(50-17-9-6-10-18-50)64(84)78-26-12-19-54(78)62(83)76-63-58(49-15-7-5-8-16-49)75-65(92-63)73-56(79)44-91-38-37-90-36-35-89-34-33-88-32-31-87-30-29-86-28-27-77(3)57(80)40-47-13-11-14-48(39-47)42-72-61(82)53-41-51(55(85-4)43-71-53)23-20-46-21-24-52(25-22-46)66(67,68)69/h5,7-8,11,13-16,20,23,39,41,43,45-46,50,52,54,59,70H,6,9-10,12,17-19,21-22,24-38,40,42,44H2,1-4H3,(H,72,82)(H,74,81)(H,76,83)(H,73,75,79)/b23-20+/t45-,46?,52?,54-,59?/m0/s1. The Labute approximate surface area is 540 Å². The average Bonchev–Trinajstić information content (AvgIpc) is 1.65. The van der Waals surface area contributed by atoms with Crippen molar-refractivity contribution in [3.05, 3.63) is 95.3 Å². The zero-order valence-corrected chi connectivity index (χ0v) is 54.0. The number of carbonyl (C=O) groups is 6. The van der Waals surface area contributed by atoms with Crippen molar-refractivity contribution in [1.29, 1.82) is 0 Å². The number of hydrogen-bond acceptors (Lipinski definition) is 17. The Hall–Kier alpha value is -6.91. The number of pyridine rings is 1. The van der Waals surface area contributed by atoms with Gasteiger partial charge in [0.05, 0.1) is 104 Å². The Bertz CT molecular complexity index is 3000. The molecule has 504 valence electrons. The van der Waals surface area contributed by atoms with Crippen molar-refractivity contribution in [2.24, 2.45) is 17.8 Å². The summed E-state index contributed by atoms with van der Waals surface area (Å²) in [7, 11) is 4.89. The van der Waals surface area contributed by atoms with E-state index in [2.05, 4.69) is 36.6 Å². The van der Waals surface area contributed by atoms with Crippen LogP contribution in [0.1, 0.15) is 105 Å². The van der Waals surface area contributed by atoms with Crippen LogP contribution in [0.25, 0.3) is 17.3 Å². The van der Waals surface area contributed by atoms with E-state index in [1.165, 1.54) is 13.3 Å². The van der Waals surface area contributed by atoms with Crippen LogP contribution >= 0.6 is 11.3 Å². The van der Waals surface area contributed by atoms with Crippen LogP contribution in [0.15, 0.2) is 72.9 Å². The number of methoxy groups -OCH3 is 1. The minimum Gasteiger partial charge on any atom is -0.495 e. The van der Waals surface area contributed by atoms with Crippen LogP contribution in [0.5, 0.6) is 5.75 Å². The average molecular weight is 1310 g/mol. The lowest BCUT2D eigenvalue weighted by Crippen LogP contribution is -2.57. The number of benzene rings is 2. The number of hydrogen-bond donors (Lipinski definition) is 5. The van der Waals surface area contributed by atoms with E-state index in [1.807, 2.05) is 60.7 Å². The molecule has 0 bridgehead atoms. The third kappa shape index (κ3) is 23.6. The molecule has 6 amide bonds. The maximum absolute atomic E-state index is 14.3. The van der Waals surface area contributed by atoms with Crippen LogP contribution in [-0.4, -0.2) is 193 Å². The summed E-state index contributed by atoms with van der Waals surface area (Å²) >= 11 is 1.11. The number of aromatic nitrogens is 2. The summed E-state index contributed by atoms with van der Waals surface area (Å²) in [5, 5.41) is 15.3. The van der Waals surface area contributed by atoms with Crippen molar-refractivity contribution < 1.29 is 75.1 Å². The number of nitrogens with zero attached hydrogens (tertiary/aromatic N) is 4. The molecule has 2 saturated carbocycles. The van der Waals surface area contributed by atoms with Gasteiger partial charge in [0.2, 0.25) is 23.6 Å². The number of anilines is 2. The van der Waals surface area contributed by atoms with Gasteiger partial charge in [0.1, 0.15) is 40.8 Å². The second-order valence-electron chi connectivity index (χ2n) is 23.1. The molecule has 1 unspecified atom stereocenters. The zero-order chi connectivity index (χ0) is 65.7. The molecule has 4 aromatic rings. The van der Waals surface area contributed by atoms with E-state index in [9.17, 15) is 41.9 Å². The molecule has 0 spiro atoms. The van der Waals surface area contributed by atoms with Crippen molar-refractivity contribution in [3.8, 4) is 17.0 Å². The minimum atomic E-state index is -4.17. The first-order valence-corrected chi connectivity index (χ1v) is 32.6. The number of allylic oxidation sites excluding steroid dienone is 1. The van der Waals surface area contributed by atoms with Crippen LogP contribution in [0, 0.1) is 17.8 Å². The highest BCUT2D eigenvalue weighted by molar-refractivity contribution is 7.20. The normalized spacial score (nSPS) is 17.7. The molecule has 22 nitrogen and oxygen atoms in total. The first-order chi connectivity index (χ1) is 44.5. The van der Waals surface area contributed by atoms with Crippen LogP contribution < -0.4 is 31.3 Å². The molecule has 26 heteroatoms. The summed E-state index contributed by atoms with van der Waals surface area (Å²) in [4.78, 5) is 92.6. The molecular weight excluding hydrogens is 1220 g/mol. The number of ether oxygens (including phenoxy) is 7. The lowest BCUT2D eigenvalue weighted by Gasteiger charge is -2.35. The number of likely N-dealkylation sites (N-methyl/N-ethyl adjacent to an activating group) is 2. The zero-order valence-electron chi connectivity index (χ0n) is 53.2. The van der Waals surface area contributed by atoms with Gasteiger partial charge < -0.3 is 64.2 Å². The predicted octanol–water partition coefficient (Wildman–Crippen LogP) is 7.87. The Kier molecular flexibility index (Phi) is 30.2. The van der Waals surface area contributed by atoms with E-state index in [0.717, 1.165) is 60.1 Å². The number of nitrogens with one attached hydrogen (secondary N) is 5. The van der Waals surface area contributed by atoms with E-state index in [1.54, 1.807) is 43.0 Å². The van der Waals surface area contributed by atoms with E-state index in [0.29, 0.717) is 120 Å². The predicted molar refractivity (Wildman–Crippen MR) is 342 cm³/mol. The molecule has 3 atom stereocenters. The Balaban J connectivity index is 0.687. The highest BCUT2D eigenvalue weighted by Crippen LogP contribution is 2.41. The summed E-state index contributed by atoms with van der Waals surface area (Å²) in [6, 6.07) is 16.3. The van der Waals surface area contributed by atoms with Crippen LogP contribution in [-0.2, 0) is 65.4 Å². The van der Waals surface area contributed by atoms with Crippen molar-refractivity contribution in [1.82, 2.24) is 35.7 Å². The Morgan fingerprint density at radius 3 is 2.04 bits per heavy atom. The number of carbonyl (C=O) groups excluding carboxylic acids is 6. The molecule has 92 heavy (non-hydrogen) atoms. The van der Waals surface area contributed by atoms with Crippen LogP contribution in [0.2, 0.25) is 0 Å². The maximum atomic E-state index is 14.3. The summed E-state index contributed by atoms with van der Waals surface area (Å²) in [6.07, 6.45) is 8.00. The van der Waals surface area contributed by atoms with Gasteiger partial charge in [-0.3, -0.25) is 34.1 Å².